The molecular formula is C28H39F2N3O4. The van der Waals surface area contributed by atoms with Gasteiger partial charge >= 0.3 is 12.1 Å². The first-order valence-corrected chi connectivity index (χ1v) is 12.8. The van der Waals surface area contributed by atoms with Crippen molar-refractivity contribution in [2.45, 2.75) is 52.2 Å². The molecule has 37 heavy (non-hydrogen) atoms. The predicted molar refractivity (Wildman–Crippen MR) is 138 cm³/mol. The summed E-state index contributed by atoms with van der Waals surface area (Å²) < 4.78 is 38.5. The van der Waals surface area contributed by atoms with Gasteiger partial charge in [-0.2, -0.15) is 0 Å². The lowest BCUT2D eigenvalue weighted by Gasteiger charge is -2.35. The number of hydrogen-bond acceptors (Lipinski definition) is 4. The summed E-state index contributed by atoms with van der Waals surface area (Å²) in [7, 11) is 1.65. The average molecular weight is 520 g/mol. The molecular weight excluding hydrogens is 480 g/mol. The summed E-state index contributed by atoms with van der Waals surface area (Å²) in [5, 5.41) is 2.99. The molecule has 1 aromatic rings. The van der Waals surface area contributed by atoms with E-state index in [-0.39, 0.29) is 36.1 Å². The fourth-order valence-electron chi connectivity index (χ4n) is 4.48. The molecule has 9 heteroatoms. The first-order valence-electron chi connectivity index (χ1n) is 12.8. The fraction of sp³-hybridized carbons (Fsp3) is 0.571. The minimum Gasteiger partial charge on any atom is -0.444 e. The number of amides is 3. The molecule has 0 spiro atoms. The van der Waals surface area contributed by atoms with Gasteiger partial charge in [0.2, 0.25) is 0 Å². The number of hydrogen-bond donors (Lipinski definition) is 1. The number of urea groups is 1. The number of likely N-dealkylation sites (tertiary alicyclic amines) is 1. The molecule has 0 radical (unpaired) electrons. The van der Waals surface area contributed by atoms with Crippen LogP contribution in [0.5, 0.6) is 0 Å². The van der Waals surface area contributed by atoms with E-state index in [9.17, 15) is 18.4 Å². The highest BCUT2D eigenvalue weighted by molar-refractivity contribution is 5.74. The topological polar surface area (TPSA) is 71.1 Å². The van der Waals surface area contributed by atoms with Crippen molar-refractivity contribution in [3.63, 3.8) is 0 Å². The third kappa shape index (κ3) is 9.14. The van der Waals surface area contributed by atoms with Gasteiger partial charge in [-0.15, -0.1) is 0 Å². The van der Waals surface area contributed by atoms with E-state index < -0.39 is 17.2 Å². The third-order valence-electron chi connectivity index (χ3n) is 6.50. The molecule has 0 bridgehead atoms. The van der Waals surface area contributed by atoms with Crippen LogP contribution in [-0.4, -0.2) is 67.4 Å². The van der Waals surface area contributed by atoms with Crippen molar-refractivity contribution < 1.29 is 27.8 Å². The first-order chi connectivity index (χ1) is 17.5. The zero-order chi connectivity index (χ0) is 27.0. The molecule has 7 nitrogen and oxygen atoms in total. The van der Waals surface area contributed by atoms with Crippen LogP contribution in [0.15, 0.2) is 42.0 Å². The highest BCUT2D eigenvalue weighted by Gasteiger charge is 2.29. The minimum absolute atomic E-state index is 0.0304. The van der Waals surface area contributed by atoms with Gasteiger partial charge in [-0.25, -0.2) is 18.4 Å². The van der Waals surface area contributed by atoms with Crippen molar-refractivity contribution in [1.29, 1.82) is 0 Å². The number of allylic oxidation sites excluding steroid dienone is 1. The van der Waals surface area contributed by atoms with Gasteiger partial charge in [0.05, 0.1) is 13.2 Å². The Kier molecular flexibility index (Phi) is 10.1. The fourth-order valence-corrected chi connectivity index (χ4v) is 4.48. The summed E-state index contributed by atoms with van der Waals surface area (Å²) in [6.07, 6.45) is 8.03. The van der Waals surface area contributed by atoms with E-state index in [1.165, 1.54) is 12.1 Å². The second kappa shape index (κ2) is 13.0. The van der Waals surface area contributed by atoms with Crippen molar-refractivity contribution in [1.82, 2.24) is 15.1 Å². The quantitative estimate of drug-likeness (QED) is 0.508. The van der Waals surface area contributed by atoms with E-state index in [2.05, 4.69) is 17.5 Å². The van der Waals surface area contributed by atoms with E-state index in [4.69, 9.17) is 9.47 Å². The Labute approximate surface area is 218 Å². The van der Waals surface area contributed by atoms with Crippen molar-refractivity contribution in [3.05, 3.63) is 59.2 Å². The number of carbonyl (C=O) groups excluding carboxylic acids is 2. The molecule has 0 aromatic heterocycles. The van der Waals surface area contributed by atoms with Gasteiger partial charge in [0.1, 0.15) is 17.2 Å². The summed E-state index contributed by atoms with van der Waals surface area (Å²) in [6.45, 7) is 8.00. The standard InChI is InChI=1S/C28H39F2N3O4/c1-28(2,3)37-27(35)32-13-11-21(12-14-32)17-33(18-23-9-10-24(29)15-25(23)30)26(34)31-16-20-5-7-22(8-6-20)19-36-4/h5,7-10,15,20-21H,6,11-14,16-19H2,1-4H3,(H,31,34). The molecule has 1 heterocycles. The number of nitrogens with one attached hydrogen (secondary N) is 1. The van der Waals surface area contributed by atoms with Crippen LogP contribution in [-0.2, 0) is 16.0 Å². The molecule has 1 saturated heterocycles. The highest BCUT2D eigenvalue weighted by Crippen LogP contribution is 2.23. The zero-order valence-corrected chi connectivity index (χ0v) is 22.3. The second-order valence-electron chi connectivity index (χ2n) is 10.8. The predicted octanol–water partition coefficient (Wildman–Crippen LogP) is 5.27. The molecule has 1 aromatic carbocycles. The third-order valence-corrected chi connectivity index (χ3v) is 6.50. The molecule has 1 atom stereocenters. The van der Waals surface area contributed by atoms with Crippen LogP contribution in [0.25, 0.3) is 0 Å². The summed E-state index contributed by atoms with van der Waals surface area (Å²) in [6, 6.07) is 3.12. The lowest BCUT2D eigenvalue weighted by atomic mass is 9.96. The smallest absolute Gasteiger partial charge is 0.410 e. The van der Waals surface area contributed by atoms with Crippen molar-refractivity contribution >= 4 is 12.1 Å². The summed E-state index contributed by atoms with van der Waals surface area (Å²) in [5.74, 6) is -1.03. The lowest BCUT2D eigenvalue weighted by molar-refractivity contribution is 0.0172. The molecule has 204 valence electrons. The van der Waals surface area contributed by atoms with Crippen molar-refractivity contribution in [3.8, 4) is 0 Å². The monoisotopic (exact) mass is 519 g/mol. The zero-order valence-electron chi connectivity index (χ0n) is 22.3. The maximum Gasteiger partial charge on any atom is 0.410 e. The van der Waals surface area contributed by atoms with Crippen LogP contribution in [0.3, 0.4) is 0 Å². The minimum atomic E-state index is -0.677. The number of halogens is 2. The van der Waals surface area contributed by atoms with Crippen LogP contribution >= 0.6 is 0 Å². The summed E-state index contributed by atoms with van der Waals surface area (Å²) >= 11 is 0. The number of piperidine rings is 1. The molecule has 3 rings (SSSR count). The maximum absolute atomic E-state index is 14.4. The highest BCUT2D eigenvalue weighted by atomic mass is 19.1. The van der Waals surface area contributed by atoms with Gasteiger partial charge in [0.25, 0.3) is 0 Å². The number of rotatable bonds is 8. The van der Waals surface area contributed by atoms with Crippen molar-refractivity contribution in [2.24, 2.45) is 11.8 Å². The molecule has 1 fully saturated rings. The number of carbonyl (C=O) groups is 2. The number of benzene rings is 1. The number of ether oxygens (including phenoxy) is 2. The largest absolute Gasteiger partial charge is 0.444 e. The Hall–Kier alpha value is -2.94. The molecule has 1 unspecified atom stereocenters. The maximum atomic E-state index is 14.4. The Morgan fingerprint density at radius 2 is 1.92 bits per heavy atom. The average Bonchev–Trinajstić information content (AvgIpc) is 2.84. The van der Waals surface area contributed by atoms with Crippen LogP contribution < -0.4 is 5.32 Å². The van der Waals surface area contributed by atoms with Crippen LogP contribution in [0.4, 0.5) is 18.4 Å². The number of nitrogens with zero attached hydrogens (tertiary/aromatic N) is 2. The van der Waals surface area contributed by atoms with Gasteiger partial charge in [0.15, 0.2) is 0 Å². The van der Waals surface area contributed by atoms with E-state index in [0.717, 1.165) is 18.1 Å². The Morgan fingerprint density at radius 1 is 1.19 bits per heavy atom. The lowest BCUT2D eigenvalue weighted by Crippen LogP contribution is -2.47. The summed E-state index contributed by atoms with van der Waals surface area (Å²) in [4.78, 5) is 28.9. The van der Waals surface area contributed by atoms with Crippen molar-refractivity contribution in [2.75, 3.05) is 39.9 Å². The molecule has 3 amide bonds. The van der Waals surface area contributed by atoms with Gasteiger partial charge in [0, 0.05) is 44.9 Å². The Balaban J connectivity index is 1.60. The molecule has 1 aliphatic carbocycles. The van der Waals surface area contributed by atoms with Gasteiger partial charge in [-0.1, -0.05) is 24.3 Å². The number of methoxy groups -OCH3 is 1. The van der Waals surface area contributed by atoms with Gasteiger partial charge in [-0.3, -0.25) is 0 Å². The Bertz CT molecular complexity index is 998. The normalized spacial score (nSPS) is 18.4. The van der Waals surface area contributed by atoms with Crippen LogP contribution in [0, 0.1) is 23.5 Å². The van der Waals surface area contributed by atoms with E-state index in [1.807, 2.05) is 26.8 Å². The van der Waals surface area contributed by atoms with Gasteiger partial charge in [-0.05, 0) is 63.5 Å². The first kappa shape index (κ1) is 28.6. The van der Waals surface area contributed by atoms with Crippen LogP contribution in [0.2, 0.25) is 0 Å². The second-order valence-corrected chi connectivity index (χ2v) is 10.8. The molecule has 1 aliphatic heterocycles. The van der Waals surface area contributed by atoms with Gasteiger partial charge < -0.3 is 24.6 Å². The Morgan fingerprint density at radius 3 is 2.51 bits per heavy atom. The molecule has 1 N–H and O–H groups in total. The summed E-state index contributed by atoms with van der Waals surface area (Å²) in [5.41, 5.74) is 0.806. The SMILES string of the molecule is COCC1=CCC(CNC(=O)N(Cc2ccc(F)cc2F)CC2CCN(C(=O)OC(C)(C)C)CC2)C=C1. The van der Waals surface area contributed by atoms with E-state index in [0.29, 0.717) is 45.6 Å². The van der Waals surface area contributed by atoms with E-state index >= 15 is 0 Å². The van der Waals surface area contributed by atoms with Crippen LogP contribution in [0.1, 0.15) is 45.6 Å². The van der Waals surface area contributed by atoms with E-state index in [1.54, 1.807) is 16.9 Å². The molecule has 0 saturated carbocycles. The molecule has 2 aliphatic rings.